The lowest BCUT2D eigenvalue weighted by atomic mass is 10.0. The van der Waals surface area contributed by atoms with Crippen molar-refractivity contribution >= 4 is 0 Å². The lowest BCUT2D eigenvalue weighted by Gasteiger charge is -2.36. The Bertz CT molecular complexity index is 619. The molecule has 1 aromatic heterocycles. The quantitative estimate of drug-likeness (QED) is 0.940. The molecule has 0 spiro atoms. The van der Waals surface area contributed by atoms with Crippen molar-refractivity contribution in [1.82, 2.24) is 15.2 Å². The number of nitrogens with one attached hydrogen (secondary N) is 1. The molecule has 1 atom stereocenters. The van der Waals surface area contributed by atoms with E-state index in [0.29, 0.717) is 0 Å². The summed E-state index contributed by atoms with van der Waals surface area (Å²) in [5.74, 6) is 2.62. The van der Waals surface area contributed by atoms with Crippen LogP contribution in [0.3, 0.4) is 0 Å². The van der Waals surface area contributed by atoms with Gasteiger partial charge in [-0.2, -0.15) is 0 Å². The lowest BCUT2D eigenvalue weighted by Crippen LogP contribution is -2.45. The molecule has 1 fully saturated rings. The summed E-state index contributed by atoms with van der Waals surface area (Å²) in [7, 11) is 1.72. The summed E-state index contributed by atoms with van der Waals surface area (Å²) in [4.78, 5) is 6.92. The molecule has 22 heavy (non-hydrogen) atoms. The minimum absolute atomic E-state index is 0.261. The molecule has 0 aliphatic carbocycles. The van der Waals surface area contributed by atoms with Crippen molar-refractivity contribution in [1.29, 1.82) is 0 Å². The molecule has 2 aromatic rings. The van der Waals surface area contributed by atoms with Gasteiger partial charge in [-0.05, 0) is 19.9 Å². The summed E-state index contributed by atoms with van der Waals surface area (Å²) >= 11 is 0. The highest BCUT2D eigenvalue weighted by Crippen LogP contribution is 2.31. The maximum Gasteiger partial charge on any atom is 0.208 e. The van der Waals surface area contributed by atoms with E-state index < -0.39 is 0 Å². The molecule has 1 aromatic carbocycles. The average molecular weight is 301 g/mol. The number of para-hydroxylation sites is 1. The number of aryl methyl sites for hydroxylation is 2. The van der Waals surface area contributed by atoms with Crippen molar-refractivity contribution in [2.24, 2.45) is 0 Å². The van der Waals surface area contributed by atoms with Gasteiger partial charge in [0.15, 0.2) is 0 Å². The van der Waals surface area contributed by atoms with Crippen LogP contribution in [0.2, 0.25) is 0 Å². The second-order valence-electron chi connectivity index (χ2n) is 5.68. The summed E-state index contributed by atoms with van der Waals surface area (Å²) in [6.07, 6.45) is 0. The Hall–Kier alpha value is -1.85. The Balaban J connectivity index is 1.84. The second-order valence-corrected chi connectivity index (χ2v) is 5.68. The van der Waals surface area contributed by atoms with Crippen LogP contribution in [0, 0.1) is 13.8 Å². The Morgan fingerprint density at radius 2 is 2.18 bits per heavy atom. The number of piperazine rings is 1. The van der Waals surface area contributed by atoms with E-state index in [9.17, 15) is 0 Å². The van der Waals surface area contributed by atoms with Crippen LogP contribution < -0.4 is 10.1 Å². The third kappa shape index (κ3) is 3.00. The summed E-state index contributed by atoms with van der Waals surface area (Å²) in [5, 5.41) is 3.47. The van der Waals surface area contributed by atoms with Gasteiger partial charge in [0, 0.05) is 25.2 Å². The Morgan fingerprint density at radius 1 is 1.36 bits per heavy atom. The van der Waals surface area contributed by atoms with Gasteiger partial charge in [-0.15, -0.1) is 0 Å². The molecule has 1 N–H and O–H groups in total. The third-order valence-corrected chi connectivity index (χ3v) is 4.26. The van der Waals surface area contributed by atoms with Crippen molar-refractivity contribution in [3.05, 3.63) is 47.2 Å². The number of ether oxygens (including phenoxy) is 1. The van der Waals surface area contributed by atoms with Crippen LogP contribution in [0.1, 0.15) is 29.0 Å². The molecular formula is C17H23N3O2. The fourth-order valence-electron chi connectivity index (χ4n) is 2.96. The lowest BCUT2D eigenvalue weighted by molar-refractivity contribution is 0.137. The fraction of sp³-hybridized carbons (Fsp3) is 0.471. The third-order valence-electron chi connectivity index (χ3n) is 4.26. The molecule has 5 nitrogen and oxygen atoms in total. The normalized spacial score (nSPS) is 19.3. The first-order chi connectivity index (χ1) is 10.7. The Morgan fingerprint density at radius 3 is 2.91 bits per heavy atom. The Labute approximate surface area is 131 Å². The number of nitrogens with zero attached hydrogens (tertiary/aromatic N) is 2. The van der Waals surface area contributed by atoms with Gasteiger partial charge in [-0.1, -0.05) is 18.2 Å². The van der Waals surface area contributed by atoms with Gasteiger partial charge in [-0.3, -0.25) is 4.90 Å². The average Bonchev–Trinajstić information content (AvgIpc) is 2.86. The highest BCUT2D eigenvalue weighted by atomic mass is 16.5. The van der Waals surface area contributed by atoms with Crippen molar-refractivity contribution in [2.75, 3.05) is 26.7 Å². The minimum Gasteiger partial charge on any atom is -0.496 e. The van der Waals surface area contributed by atoms with Crippen LogP contribution in [0.4, 0.5) is 0 Å². The summed E-state index contributed by atoms with van der Waals surface area (Å²) in [6, 6.07) is 8.47. The first kappa shape index (κ1) is 15.1. The molecule has 1 unspecified atom stereocenters. The van der Waals surface area contributed by atoms with Crippen LogP contribution in [-0.4, -0.2) is 36.6 Å². The van der Waals surface area contributed by atoms with E-state index in [-0.39, 0.29) is 6.04 Å². The maximum absolute atomic E-state index is 5.75. The number of hydrogen-bond acceptors (Lipinski definition) is 5. The van der Waals surface area contributed by atoms with E-state index in [0.717, 1.165) is 49.3 Å². The monoisotopic (exact) mass is 301 g/mol. The Kier molecular flexibility index (Phi) is 4.45. The fourth-order valence-corrected chi connectivity index (χ4v) is 2.96. The molecule has 0 amide bonds. The highest BCUT2D eigenvalue weighted by Gasteiger charge is 2.27. The molecule has 0 bridgehead atoms. The summed E-state index contributed by atoms with van der Waals surface area (Å²) in [6.45, 7) is 7.50. The van der Waals surface area contributed by atoms with Crippen LogP contribution in [0.5, 0.6) is 5.75 Å². The zero-order valence-electron chi connectivity index (χ0n) is 13.4. The summed E-state index contributed by atoms with van der Waals surface area (Å²) in [5.41, 5.74) is 2.18. The van der Waals surface area contributed by atoms with Crippen LogP contribution in [0.25, 0.3) is 0 Å². The maximum atomic E-state index is 5.75. The molecule has 0 saturated carbocycles. The van der Waals surface area contributed by atoms with Crippen LogP contribution >= 0.6 is 0 Å². The molecule has 1 aliphatic rings. The van der Waals surface area contributed by atoms with E-state index in [1.807, 2.05) is 26.0 Å². The van der Waals surface area contributed by atoms with E-state index in [1.165, 1.54) is 5.56 Å². The standard InChI is InChI=1S/C17H23N3O2/c1-12-13(2)22-17(19-12)11-20-9-8-18-10-15(20)14-6-4-5-7-16(14)21-3/h4-7,15,18H,8-11H2,1-3H3. The van der Waals surface area contributed by atoms with Gasteiger partial charge in [0.2, 0.25) is 5.89 Å². The van der Waals surface area contributed by atoms with Crippen LogP contribution in [-0.2, 0) is 6.54 Å². The second kappa shape index (κ2) is 6.50. The first-order valence-corrected chi connectivity index (χ1v) is 7.69. The number of aromatic nitrogens is 1. The molecule has 3 rings (SSSR count). The molecule has 118 valence electrons. The van der Waals surface area contributed by atoms with Gasteiger partial charge in [-0.25, -0.2) is 4.98 Å². The van der Waals surface area contributed by atoms with Gasteiger partial charge in [0.25, 0.3) is 0 Å². The highest BCUT2D eigenvalue weighted by molar-refractivity contribution is 5.36. The number of oxazole rings is 1. The number of methoxy groups -OCH3 is 1. The first-order valence-electron chi connectivity index (χ1n) is 7.69. The van der Waals surface area contributed by atoms with Crippen molar-refractivity contribution in [3.8, 4) is 5.75 Å². The predicted molar refractivity (Wildman–Crippen MR) is 85.0 cm³/mol. The van der Waals surface area contributed by atoms with Gasteiger partial charge in [0.1, 0.15) is 11.5 Å². The van der Waals surface area contributed by atoms with Crippen LogP contribution in [0.15, 0.2) is 28.7 Å². The molecule has 0 radical (unpaired) electrons. The smallest absolute Gasteiger partial charge is 0.208 e. The number of benzene rings is 1. The van der Waals surface area contributed by atoms with Crippen molar-refractivity contribution < 1.29 is 9.15 Å². The van der Waals surface area contributed by atoms with Gasteiger partial charge >= 0.3 is 0 Å². The molecular weight excluding hydrogens is 278 g/mol. The zero-order chi connectivity index (χ0) is 15.5. The van der Waals surface area contributed by atoms with Gasteiger partial charge < -0.3 is 14.5 Å². The topological polar surface area (TPSA) is 50.5 Å². The number of rotatable bonds is 4. The molecule has 5 heteroatoms. The van der Waals surface area contributed by atoms with E-state index in [1.54, 1.807) is 7.11 Å². The van der Waals surface area contributed by atoms with E-state index in [4.69, 9.17) is 9.15 Å². The van der Waals surface area contributed by atoms with Crippen molar-refractivity contribution in [2.45, 2.75) is 26.4 Å². The van der Waals surface area contributed by atoms with Gasteiger partial charge in [0.05, 0.1) is 25.4 Å². The SMILES string of the molecule is COc1ccccc1C1CNCCN1Cc1nc(C)c(C)o1. The zero-order valence-corrected chi connectivity index (χ0v) is 13.4. The molecule has 2 heterocycles. The summed E-state index contributed by atoms with van der Waals surface area (Å²) < 4.78 is 11.3. The molecule has 1 saturated heterocycles. The van der Waals surface area contributed by atoms with Crippen molar-refractivity contribution in [3.63, 3.8) is 0 Å². The predicted octanol–water partition coefficient (Wildman–Crippen LogP) is 2.45. The number of hydrogen-bond donors (Lipinski definition) is 1. The largest absolute Gasteiger partial charge is 0.496 e. The molecule has 1 aliphatic heterocycles. The van der Waals surface area contributed by atoms with E-state index in [2.05, 4.69) is 27.3 Å². The van der Waals surface area contributed by atoms with E-state index >= 15 is 0 Å². The minimum atomic E-state index is 0.261.